The first-order valence-corrected chi connectivity index (χ1v) is 8.22. The topological polar surface area (TPSA) is 66.9 Å². The van der Waals surface area contributed by atoms with Crippen LogP contribution >= 0.6 is 23.2 Å². The highest BCUT2D eigenvalue weighted by atomic mass is 35.5. The maximum absolute atomic E-state index is 12.3. The van der Waals surface area contributed by atoms with E-state index in [9.17, 15) is 4.79 Å². The highest BCUT2D eigenvalue weighted by Gasteiger charge is 2.08. The van der Waals surface area contributed by atoms with Crippen LogP contribution in [0.15, 0.2) is 61.1 Å². The highest BCUT2D eigenvalue weighted by Crippen LogP contribution is 2.26. The van der Waals surface area contributed by atoms with Gasteiger partial charge in [-0.15, -0.1) is 0 Å². The molecule has 2 aromatic heterocycles. The van der Waals surface area contributed by atoms with Gasteiger partial charge in [0.2, 0.25) is 0 Å². The van der Waals surface area contributed by atoms with E-state index in [1.165, 1.54) is 6.20 Å². The third kappa shape index (κ3) is 4.68. The standard InChI is InChI=1S/C18H14Cl2N4O/c19-16-5-4-13(8-17(16)20)24-15-7-12(9-21-10-15)18(25)23-11-14-3-1-2-6-22-14/h1-10,24H,11H2,(H,23,25). The summed E-state index contributed by atoms with van der Waals surface area (Å²) in [5, 5.41) is 6.89. The molecule has 2 N–H and O–H groups in total. The summed E-state index contributed by atoms with van der Waals surface area (Å²) in [6.45, 7) is 0.351. The third-order valence-electron chi connectivity index (χ3n) is 3.36. The summed E-state index contributed by atoms with van der Waals surface area (Å²) in [4.78, 5) is 20.5. The maximum atomic E-state index is 12.3. The average molecular weight is 373 g/mol. The van der Waals surface area contributed by atoms with Crippen LogP contribution in [0.3, 0.4) is 0 Å². The zero-order chi connectivity index (χ0) is 17.6. The molecule has 3 rings (SSSR count). The Morgan fingerprint density at radius 3 is 2.64 bits per heavy atom. The Hall–Kier alpha value is -2.63. The van der Waals surface area contributed by atoms with E-state index in [2.05, 4.69) is 20.6 Å². The van der Waals surface area contributed by atoms with E-state index in [0.717, 1.165) is 11.4 Å². The van der Waals surface area contributed by atoms with Gasteiger partial charge in [0.25, 0.3) is 5.91 Å². The molecule has 2 heterocycles. The van der Waals surface area contributed by atoms with Crippen LogP contribution < -0.4 is 10.6 Å². The van der Waals surface area contributed by atoms with Crippen LogP contribution in [0.4, 0.5) is 11.4 Å². The summed E-state index contributed by atoms with van der Waals surface area (Å²) in [7, 11) is 0. The molecule has 0 aliphatic carbocycles. The predicted octanol–water partition coefficient (Wildman–Crippen LogP) is 4.46. The van der Waals surface area contributed by atoms with Crippen LogP contribution in [-0.4, -0.2) is 15.9 Å². The molecule has 0 aliphatic rings. The average Bonchev–Trinajstić information content (AvgIpc) is 2.64. The summed E-state index contributed by atoms with van der Waals surface area (Å²) in [5.41, 5.74) is 2.65. The van der Waals surface area contributed by atoms with Crippen LogP contribution in [0.2, 0.25) is 10.0 Å². The predicted molar refractivity (Wildman–Crippen MR) is 99.4 cm³/mol. The van der Waals surface area contributed by atoms with Crippen LogP contribution in [0.1, 0.15) is 16.1 Å². The molecule has 5 nitrogen and oxygen atoms in total. The number of carbonyl (C=O) groups is 1. The number of hydrogen-bond donors (Lipinski definition) is 2. The van der Waals surface area contributed by atoms with Gasteiger partial charge in [0.05, 0.1) is 39.7 Å². The van der Waals surface area contributed by atoms with Gasteiger partial charge in [-0.1, -0.05) is 29.3 Å². The number of aromatic nitrogens is 2. The Morgan fingerprint density at radius 1 is 1.00 bits per heavy atom. The van der Waals surface area contributed by atoms with Gasteiger partial charge in [-0.3, -0.25) is 14.8 Å². The number of nitrogens with one attached hydrogen (secondary N) is 2. The van der Waals surface area contributed by atoms with Crippen molar-refractivity contribution in [3.05, 3.63) is 82.4 Å². The molecule has 7 heteroatoms. The normalized spacial score (nSPS) is 10.3. The molecule has 0 saturated carbocycles. The molecular formula is C18H14Cl2N4O. The van der Waals surface area contributed by atoms with E-state index in [0.29, 0.717) is 27.8 Å². The molecule has 126 valence electrons. The minimum atomic E-state index is -0.226. The number of pyridine rings is 2. The first kappa shape index (κ1) is 17.2. The summed E-state index contributed by atoms with van der Waals surface area (Å²) < 4.78 is 0. The maximum Gasteiger partial charge on any atom is 0.253 e. The molecule has 0 bridgehead atoms. The summed E-state index contributed by atoms with van der Waals surface area (Å²) in [5.74, 6) is -0.226. The van der Waals surface area contributed by atoms with Gasteiger partial charge in [0.1, 0.15) is 0 Å². The Bertz CT molecular complexity index is 887. The van der Waals surface area contributed by atoms with Crippen molar-refractivity contribution in [2.24, 2.45) is 0 Å². The van der Waals surface area contributed by atoms with Crippen LogP contribution in [0.5, 0.6) is 0 Å². The highest BCUT2D eigenvalue weighted by molar-refractivity contribution is 6.42. The quantitative estimate of drug-likeness (QED) is 0.693. The molecule has 1 amide bonds. The van der Waals surface area contributed by atoms with Crippen molar-refractivity contribution in [1.29, 1.82) is 0 Å². The lowest BCUT2D eigenvalue weighted by Gasteiger charge is -2.09. The monoisotopic (exact) mass is 372 g/mol. The summed E-state index contributed by atoms with van der Waals surface area (Å²) >= 11 is 11.9. The lowest BCUT2D eigenvalue weighted by atomic mass is 10.2. The molecule has 25 heavy (non-hydrogen) atoms. The number of nitrogens with zero attached hydrogens (tertiary/aromatic N) is 2. The number of halogens is 2. The van der Waals surface area contributed by atoms with E-state index in [1.807, 2.05) is 18.2 Å². The number of hydrogen-bond acceptors (Lipinski definition) is 4. The molecule has 0 unspecified atom stereocenters. The molecule has 0 fully saturated rings. The Kier molecular flexibility index (Phi) is 5.48. The summed E-state index contributed by atoms with van der Waals surface area (Å²) in [6, 6.07) is 12.5. The molecule has 0 atom stereocenters. The van der Waals surface area contributed by atoms with Crippen LogP contribution in [0.25, 0.3) is 0 Å². The number of carbonyl (C=O) groups excluding carboxylic acids is 1. The molecule has 0 saturated heterocycles. The van der Waals surface area contributed by atoms with E-state index in [-0.39, 0.29) is 5.91 Å². The van der Waals surface area contributed by atoms with Gasteiger partial charge < -0.3 is 10.6 Å². The van der Waals surface area contributed by atoms with Gasteiger partial charge in [0.15, 0.2) is 0 Å². The SMILES string of the molecule is O=C(NCc1ccccn1)c1cncc(Nc2ccc(Cl)c(Cl)c2)c1. The van der Waals surface area contributed by atoms with Crippen molar-refractivity contribution < 1.29 is 4.79 Å². The fraction of sp³-hybridized carbons (Fsp3) is 0.0556. The molecule has 0 spiro atoms. The first-order valence-electron chi connectivity index (χ1n) is 7.47. The first-order chi connectivity index (χ1) is 12.1. The van der Waals surface area contributed by atoms with E-state index < -0.39 is 0 Å². The van der Waals surface area contributed by atoms with Crippen molar-refractivity contribution in [1.82, 2.24) is 15.3 Å². The summed E-state index contributed by atoms with van der Waals surface area (Å²) in [6.07, 6.45) is 4.82. The Morgan fingerprint density at radius 2 is 1.88 bits per heavy atom. The fourth-order valence-electron chi connectivity index (χ4n) is 2.15. The van der Waals surface area contributed by atoms with E-state index >= 15 is 0 Å². The molecule has 0 radical (unpaired) electrons. The zero-order valence-electron chi connectivity index (χ0n) is 13.0. The second-order valence-corrected chi connectivity index (χ2v) is 6.03. The van der Waals surface area contributed by atoms with E-state index in [4.69, 9.17) is 23.2 Å². The minimum Gasteiger partial charge on any atom is -0.354 e. The van der Waals surface area contributed by atoms with E-state index in [1.54, 1.807) is 36.7 Å². The van der Waals surface area contributed by atoms with Crippen LogP contribution in [0, 0.1) is 0 Å². The van der Waals surface area contributed by atoms with Crippen molar-refractivity contribution in [2.45, 2.75) is 6.54 Å². The smallest absolute Gasteiger partial charge is 0.253 e. The van der Waals surface area contributed by atoms with Gasteiger partial charge in [-0.2, -0.15) is 0 Å². The number of anilines is 2. The second kappa shape index (κ2) is 7.96. The Labute approximate surface area is 155 Å². The molecule has 0 aliphatic heterocycles. The van der Waals surface area contributed by atoms with Crippen molar-refractivity contribution >= 4 is 40.5 Å². The lowest BCUT2D eigenvalue weighted by molar-refractivity contribution is 0.0950. The van der Waals surface area contributed by atoms with Crippen molar-refractivity contribution in [3.8, 4) is 0 Å². The van der Waals surface area contributed by atoms with Gasteiger partial charge >= 0.3 is 0 Å². The lowest BCUT2D eigenvalue weighted by Crippen LogP contribution is -2.23. The fourth-order valence-corrected chi connectivity index (χ4v) is 2.45. The van der Waals surface area contributed by atoms with Crippen LogP contribution in [-0.2, 0) is 6.54 Å². The molecular weight excluding hydrogens is 359 g/mol. The number of rotatable bonds is 5. The third-order valence-corrected chi connectivity index (χ3v) is 4.10. The zero-order valence-corrected chi connectivity index (χ0v) is 14.6. The number of amides is 1. The van der Waals surface area contributed by atoms with Gasteiger partial charge in [0, 0.05) is 18.1 Å². The largest absolute Gasteiger partial charge is 0.354 e. The Balaban J connectivity index is 1.68. The van der Waals surface area contributed by atoms with Crippen molar-refractivity contribution in [3.63, 3.8) is 0 Å². The van der Waals surface area contributed by atoms with Crippen molar-refractivity contribution in [2.75, 3.05) is 5.32 Å². The second-order valence-electron chi connectivity index (χ2n) is 5.22. The minimum absolute atomic E-state index is 0.226. The van der Waals surface area contributed by atoms with Gasteiger partial charge in [-0.05, 0) is 36.4 Å². The molecule has 3 aromatic rings. The van der Waals surface area contributed by atoms with Gasteiger partial charge in [-0.25, -0.2) is 0 Å². The molecule has 1 aromatic carbocycles. The number of benzene rings is 1.